The third-order valence-corrected chi connectivity index (χ3v) is 14.6. The molecule has 9 rings (SSSR count). The lowest BCUT2D eigenvalue weighted by Crippen LogP contribution is -1.93. The van der Waals surface area contributed by atoms with E-state index in [1.807, 2.05) is 24.3 Å². The highest BCUT2D eigenvalue weighted by atomic mass is 32.2. The molecule has 0 amide bonds. The van der Waals surface area contributed by atoms with Gasteiger partial charge >= 0.3 is 0 Å². The third kappa shape index (κ3) is 7.97. The topological polar surface area (TPSA) is 94.3 Å². The molecule has 12 heteroatoms. The highest BCUT2D eigenvalue weighted by Crippen LogP contribution is 2.45. The van der Waals surface area contributed by atoms with Crippen LogP contribution in [-0.2, 0) is 0 Å². The fraction of sp³-hybridized carbons (Fsp3) is 0.154. The summed E-state index contributed by atoms with van der Waals surface area (Å²) in [7, 11) is 6.81. The van der Waals surface area contributed by atoms with E-state index in [4.69, 9.17) is 28.9 Å². The standard InChI is InChI=1S/C52H46N4O4S4/c1-57-29-9-13-33(45(25-29)61-5)49-37-17-19-39(53-37)50(34-14-10-30(58-2)26-46(34)62-6)41-21-23-43(55-41)52(36-16-12-32(60-4)28-48(36)64-8)44-24-22-42(56-44)51(40-20-18-38(49)54-40)35-15-11-31(59-3)27-47(35)63-7/h9-28,53,56H,1-8H3. The monoisotopic (exact) mass is 918 g/mol. The van der Waals surface area contributed by atoms with E-state index >= 15 is 0 Å². The molecule has 2 aliphatic heterocycles. The summed E-state index contributed by atoms with van der Waals surface area (Å²) in [6.07, 6.45) is 16.9. The van der Waals surface area contributed by atoms with Crippen molar-refractivity contribution in [3.8, 4) is 67.5 Å². The van der Waals surface area contributed by atoms with Gasteiger partial charge in [-0.3, -0.25) is 0 Å². The minimum Gasteiger partial charge on any atom is -0.497 e. The average molecular weight is 919 g/mol. The van der Waals surface area contributed by atoms with Gasteiger partial charge in [0.2, 0.25) is 0 Å². The Labute approximate surface area is 390 Å². The number of ether oxygens (including phenoxy) is 4. The molecule has 0 atom stereocenters. The van der Waals surface area contributed by atoms with Gasteiger partial charge in [0.25, 0.3) is 0 Å². The zero-order valence-electron chi connectivity index (χ0n) is 36.7. The van der Waals surface area contributed by atoms with Gasteiger partial charge in [0.1, 0.15) is 23.0 Å². The molecule has 0 saturated heterocycles. The van der Waals surface area contributed by atoms with E-state index in [1.165, 1.54) is 0 Å². The molecule has 0 radical (unpaired) electrons. The van der Waals surface area contributed by atoms with Gasteiger partial charge in [-0.1, -0.05) is 0 Å². The minimum absolute atomic E-state index is 0.792. The van der Waals surface area contributed by atoms with E-state index < -0.39 is 0 Å². The van der Waals surface area contributed by atoms with Crippen LogP contribution in [0.2, 0.25) is 0 Å². The van der Waals surface area contributed by atoms with Gasteiger partial charge in [0.15, 0.2) is 0 Å². The van der Waals surface area contributed by atoms with Crippen LogP contribution in [0.25, 0.3) is 90.9 Å². The fourth-order valence-corrected chi connectivity index (χ4v) is 10.9. The van der Waals surface area contributed by atoms with Crippen molar-refractivity contribution in [2.45, 2.75) is 19.6 Å². The molecular weight excluding hydrogens is 873 g/mol. The fourth-order valence-electron chi connectivity index (χ4n) is 8.36. The lowest BCUT2D eigenvalue weighted by Gasteiger charge is -2.13. The Kier molecular flexibility index (Phi) is 12.6. The Hall–Kier alpha value is -5.92. The zero-order chi connectivity index (χ0) is 44.5. The van der Waals surface area contributed by atoms with Crippen LogP contribution in [0.3, 0.4) is 0 Å². The molecule has 5 heterocycles. The molecular formula is C52H46N4O4S4. The first-order chi connectivity index (χ1) is 31.3. The second kappa shape index (κ2) is 18.7. The molecule has 2 N–H and O–H groups in total. The molecule has 3 aromatic heterocycles. The van der Waals surface area contributed by atoms with E-state index in [2.05, 4.69) is 132 Å². The predicted molar refractivity (Wildman–Crippen MR) is 274 cm³/mol. The summed E-state index contributed by atoms with van der Waals surface area (Å²) >= 11 is 6.71. The Morgan fingerprint density at radius 2 is 0.578 bits per heavy atom. The van der Waals surface area contributed by atoms with Gasteiger partial charge in [-0.15, -0.1) is 47.0 Å². The second-order valence-electron chi connectivity index (χ2n) is 14.8. The molecule has 0 unspecified atom stereocenters. The van der Waals surface area contributed by atoms with Gasteiger partial charge in [0.05, 0.1) is 51.2 Å². The number of benzene rings is 4. The number of rotatable bonds is 12. The summed E-state index contributed by atoms with van der Waals surface area (Å²) in [5.41, 5.74) is 15.1. The van der Waals surface area contributed by atoms with Crippen molar-refractivity contribution in [3.05, 3.63) is 120 Å². The van der Waals surface area contributed by atoms with E-state index in [1.54, 1.807) is 75.5 Å². The Balaban J connectivity index is 1.50. The van der Waals surface area contributed by atoms with E-state index in [-0.39, 0.29) is 0 Å². The zero-order valence-corrected chi connectivity index (χ0v) is 40.0. The normalized spacial score (nSPS) is 11.9. The van der Waals surface area contributed by atoms with Gasteiger partial charge in [-0.25, -0.2) is 9.97 Å². The SMILES string of the molecule is COc1ccc(-c2c3nc(c(-c4ccc(OC)cc4SC)c4ccc([nH]4)c(-c4ccc(OC)cc4SC)c4nc(c(-c5ccc(OC)cc5SC)c5ccc2[nH]5)C=C4)C=C3)c(SC)c1. The summed E-state index contributed by atoms with van der Waals surface area (Å²) < 4.78 is 22.8. The quantitative estimate of drug-likeness (QED) is 0.115. The van der Waals surface area contributed by atoms with Crippen LogP contribution in [0, 0.1) is 0 Å². The minimum atomic E-state index is 0.792. The van der Waals surface area contributed by atoms with Crippen LogP contribution < -0.4 is 18.9 Å². The number of thioether (sulfide) groups is 4. The van der Waals surface area contributed by atoms with Crippen LogP contribution in [0.5, 0.6) is 23.0 Å². The van der Waals surface area contributed by atoms with Crippen LogP contribution in [-0.4, -0.2) is 73.4 Å². The lowest BCUT2D eigenvalue weighted by atomic mass is 10.0. The van der Waals surface area contributed by atoms with Crippen molar-refractivity contribution >= 4 is 93.4 Å². The number of aromatic amines is 2. The first kappa shape index (κ1) is 43.3. The summed E-state index contributed by atoms with van der Waals surface area (Å²) in [5, 5.41) is 0. The van der Waals surface area contributed by atoms with Gasteiger partial charge in [-0.05, 0) is 169 Å². The lowest BCUT2D eigenvalue weighted by molar-refractivity contribution is 0.413. The molecule has 2 aliphatic rings. The van der Waals surface area contributed by atoms with Crippen LogP contribution >= 0.6 is 47.0 Å². The van der Waals surface area contributed by atoms with Crippen molar-refractivity contribution in [2.75, 3.05) is 53.5 Å². The second-order valence-corrected chi connectivity index (χ2v) is 18.2. The third-order valence-electron chi connectivity index (χ3n) is 11.5. The Morgan fingerprint density at radius 1 is 0.344 bits per heavy atom. The Bertz CT molecular complexity index is 2780. The predicted octanol–water partition coefficient (Wildman–Crippen LogP) is 14.2. The summed E-state index contributed by atoms with van der Waals surface area (Å²) in [4.78, 5) is 23.2. The van der Waals surface area contributed by atoms with Gasteiger partial charge in [-0.2, -0.15) is 0 Å². The van der Waals surface area contributed by atoms with Crippen LogP contribution in [0.15, 0.2) is 117 Å². The highest BCUT2D eigenvalue weighted by Gasteiger charge is 2.23. The number of hydrogen-bond donors (Lipinski definition) is 2. The molecule has 4 aromatic carbocycles. The van der Waals surface area contributed by atoms with Crippen molar-refractivity contribution < 1.29 is 18.9 Å². The number of H-pyrrole nitrogens is 2. The van der Waals surface area contributed by atoms with Crippen molar-refractivity contribution in [2.24, 2.45) is 0 Å². The molecule has 0 spiro atoms. The van der Waals surface area contributed by atoms with Crippen molar-refractivity contribution in [1.29, 1.82) is 0 Å². The molecule has 0 aliphatic carbocycles. The smallest absolute Gasteiger partial charge is 0.120 e. The number of nitrogens with zero attached hydrogens (tertiary/aromatic N) is 2. The highest BCUT2D eigenvalue weighted by molar-refractivity contribution is 7.99. The molecule has 64 heavy (non-hydrogen) atoms. The van der Waals surface area contributed by atoms with Crippen molar-refractivity contribution in [3.63, 3.8) is 0 Å². The number of hydrogen-bond acceptors (Lipinski definition) is 10. The van der Waals surface area contributed by atoms with Crippen molar-refractivity contribution in [1.82, 2.24) is 19.9 Å². The maximum Gasteiger partial charge on any atom is 0.120 e. The number of aromatic nitrogens is 4. The maximum atomic E-state index is 5.71. The van der Waals surface area contributed by atoms with E-state index in [0.717, 1.165) is 132 Å². The van der Waals surface area contributed by atoms with Crippen LogP contribution in [0.1, 0.15) is 22.8 Å². The molecule has 322 valence electrons. The first-order valence-corrected chi connectivity index (χ1v) is 25.3. The molecule has 0 fully saturated rings. The summed E-state index contributed by atoms with van der Waals surface area (Å²) in [6.45, 7) is 0. The molecule has 0 saturated carbocycles. The number of nitrogens with one attached hydrogen (secondary N) is 2. The number of fused-ring (bicyclic) bond motifs is 8. The van der Waals surface area contributed by atoms with Gasteiger partial charge in [0, 0.05) is 63.9 Å². The van der Waals surface area contributed by atoms with Crippen LogP contribution in [0.4, 0.5) is 0 Å². The summed E-state index contributed by atoms with van der Waals surface area (Å²) in [6, 6.07) is 33.6. The van der Waals surface area contributed by atoms with E-state index in [0.29, 0.717) is 0 Å². The average Bonchev–Trinajstić information content (AvgIpc) is 4.20. The molecule has 8 nitrogen and oxygen atoms in total. The largest absolute Gasteiger partial charge is 0.497 e. The van der Waals surface area contributed by atoms with E-state index in [9.17, 15) is 0 Å². The summed E-state index contributed by atoms with van der Waals surface area (Å²) in [5.74, 6) is 3.17. The van der Waals surface area contributed by atoms with Gasteiger partial charge < -0.3 is 28.9 Å². The first-order valence-electron chi connectivity index (χ1n) is 20.4. The Morgan fingerprint density at radius 3 is 0.781 bits per heavy atom. The number of methoxy groups -OCH3 is 4. The molecule has 7 aromatic rings. The maximum absolute atomic E-state index is 5.71. The molecule has 8 bridgehead atoms.